The maximum absolute atomic E-state index is 12.4. The summed E-state index contributed by atoms with van der Waals surface area (Å²) in [5, 5.41) is 5.72. The average molecular weight is 414 g/mol. The first-order chi connectivity index (χ1) is 15.2. The molecule has 1 aliphatic heterocycles. The topological polar surface area (TPSA) is 68.2 Å². The van der Waals surface area contributed by atoms with E-state index in [4.69, 9.17) is 9.47 Å². The predicted molar refractivity (Wildman–Crippen MR) is 117 cm³/mol. The third-order valence-corrected chi connectivity index (χ3v) is 4.86. The van der Waals surface area contributed by atoms with Crippen LogP contribution in [0.4, 0.5) is 0 Å². The number of rotatable bonds is 7. The molecule has 0 atom stereocenters. The van der Waals surface area contributed by atoms with Crippen molar-refractivity contribution >= 4 is 17.6 Å². The Bertz CT molecular complexity index is 1060. The molecule has 0 fully saturated rings. The summed E-state index contributed by atoms with van der Waals surface area (Å²) in [7, 11) is 0. The average Bonchev–Trinajstić information content (AvgIpc) is 3.33. The Balaban J connectivity index is 1.26. The molecule has 156 valence electrons. The zero-order valence-corrected chi connectivity index (χ0v) is 16.9. The molecular weight excluding hydrogens is 392 g/mol. The molecule has 0 N–H and O–H groups in total. The fourth-order valence-electron chi connectivity index (χ4n) is 3.18. The summed E-state index contributed by atoms with van der Waals surface area (Å²) in [5.74, 6) is -0.105. The van der Waals surface area contributed by atoms with Crippen molar-refractivity contribution < 1.29 is 19.1 Å². The van der Waals surface area contributed by atoms with E-state index in [0.29, 0.717) is 25.1 Å². The molecule has 0 bridgehead atoms. The van der Waals surface area contributed by atoms with Crippen LogP contribution in [0.25, 0.3) is 0 Å². The van der Waals surface area contributed by atoms with Crippen molar-refractivity contribution in [3.63, 3.8) is 0 Å². The number of hydrogen-bond donors (Lipinski definition) is 0. The van der Waals surface area contributed by atoms with Crippen LogP contribution in [0.1, 0.15) is 27.9 Å². The van der Waals surface area contributed by atoms with Crippen molar-refractivity contribution in [2.24, 2.45) is 5.10 Å². The first-order valence-corrected chi connectivity index (χ1v) is 10.1. The van der Waals surface area contributed by atoms with Crippen LogP contribution < -0.4 is 4.74 Å². The fraction of sp³-hybridized carbons (Fsp3) is 0.160. The molecule has 1 heterocycles. The van der Waals surface area contributed by atoms with Gasteiger partial charge in [0.15, 0.2) is 6.61 Å². The molecule has 1 amide bonds. The smallest absolute Gasteiger partial charge is 0.338 e. The van der Waals surface area contributed by atoms with E-state index in [-0.39, 0.29) is 12.5 Å². The molecule has 0 aromatic heterocycles. The van der Waals surface area contributed by atoms with Crippen LogP contribution in [0.5, 0.6) is 5.75 Å². The molecule has 0 spiro atoms. The van der Waals surface area contributed by atoms with Gasteiger partial charge < -0.3 is 9.47 Å². The quantitative estimate of drug-likeness (QED) is 0.547. The van der Waals surface area contributed by atoms with E-state index in [9.17, 15) is 9.59 Å². The van der Waals surface area contributed by atoms with Gasteiger partial charge in [0.2, 0.25) is 0 Å². The minimum Gasteiger partial charge on any atom is -0.489 e. The maximum atomic E-state index is 12.4. The Hall–Kier alpha value is -3.93. The minimum atomic E-state index is -0.546. The molecule has 0 radical (unpaired) electrons. The normalized spacial score (nSPS) is 12.9. The lowest BCUT2D eigenvalue weighted by atomic mass is 10.1. The van der Waals surface area contributed by atoms with Crippen LogP contribution in [0.2, 0.25) is 0 Å². The van der Waals surface area contributed by atoms with E-state index in [1.54, 1.807) is 24.3 Å². The molecule has 6 heteroatoms. The number of amides is 1. The summed E-state index contributed by atoms with van der Waals surface area (Å²) < 4.78 is 10.9. The third-order valence-electron chi connectivity index (χ3n) is 4.86. The Labute approximate surface area is 180 Å². The van der Waals surface area contributed by atoms with Gasteiger partial charge in [-0.15, -0.1) is 0 Å². The Morgan fingerprint density at radius 3 is 2.26 bits per heavy atom. The molecule has 3 aromatic carbocycles. The molecule has 4 rings (SSSR count). The van der Waals surface area contributed by atoms with Crippen LogP contribution >= 0.6 is 0 Å². The lowest BCUT2D eigenvalue weighted by molar-refractivity contribution is -0.134. The van der Waals surface area contributed by atoms with Crippen molar-refractivity contribution in [1.82, 2.24) is 5.01 Å². The van der Waals surface area contributed by atoms with E-state index < -0.39 is 5.97 Å². The van der Waals surface area contributed by atoms with Gasteiger partial charge >= 0.3 is 5.97 Å². The van der Waals surface area contributed by atoms with Crippen LogP contribution in [-0.2, 0) is 16.1 Å². The third kappa shape index (κ3) is 5.36. The van der Waals surface area contributed by atoms with Gasteiger partial charge in [0.25, 0.3) is 5.91 Å². The van der Waals surface area contributed by atoms with E-state index >= 15 is 0 Å². The highest BCUT2D eigenvalue weighted by molar-refractivity contribution is 6.02. The summed E-state index contributed by atoms with van der Waals surface area (Å²) in [4.78, 5) is 24.6. The van der Waals surface area contributed by atoms with Gasteiger partial charge in [-0.1, -0.05) is 60.7 Å². The maximum Gasteiger partial charge on any atom is 0.338 e. The van der Waals surface area contributed by atoms with E-state index in [1.165, 1.54) is 5.01 Å². The number of nitrogens with zero attached hydrogens (tertiary/aromatic N) is 2. The molecule has 0 unspecified atom stereocenters. The van der Waals surface area contributed by atoms with Crippen LogP contribution in [0, 0.1) is 0 Å². The van der Waals surface area contributed by atoms with Crippen molar-refractivity contribution in [1.29, 1.82) is 0 Å². The van der Waals surface area contributed by atoms with Gasteiger partial charge in [-0.3, -0.25) is 4.79 Å². The Kier molecular flexibility index (Phi) is 6.38. The summed E-state index contributed by atoms with van der Waals surface area (Å²) >= 11 is 0. The lowest BCUT2D eigenvalue weighted by Gasteiger charge is -2.12. The van der Waals surface area contributed by atoms with Gasteiger partial charge in [-0.25, -0.2) is 9.80 Å². The Morgan fingerprint density at radius 2 is 1.55 bits per heavy atom. The van der Waals surface area contributed by atoms with Crippen LogP contribution in [0.15, 0.2) is 90.0 Å². The van der Waals surface area contributed by atoms with Crippen molar-refractivity contribution in [3.8, 4) is 5.75 Å². The molecular formula is C25H22N2O4. The second-order valence-corrected chi connectivity index (χ2v) is 7.05. The number of ether oxygens (including phenoxy) is 2. The molecule has 6 nitrogen and oxygen atoms in total. The molecule has 0 saturated heterocycles. The van der Waals surface area contributed by atoms with E-state index in [1.807, 2.05) is 60.7 Å². The second-order valence-electron chi connectivity index (χ2n) is 7.05. The molecule has 3 aromatic rings. The standard InChI is InChI=1S/C25H22N2O4/c28-24(27-16-15-23(26-27)20-7-3-1-4-8-20)18-31-25(29)21-13-11-19(12-14-21)17-30-22-9-5-2-6-10-22/h1-14H,15-18H2. The number of para-hydroxylation sites is 1. The number of benzene rings is 3. The summed E-state index contributed by atoms with van der Waals surface area (Å²) in [6.45, 7) is 0.536. The van der Waals surface area contributed by atoms with Gasteiger partial charge in [0, 0.05) is 6.42 Å². The number of esters is 1. The van der Waals surface area contributed by atoms with Crippen molar-refractivity contribution in [2.45, 2.75) is 13.0 Å². The highest BCUT2D eigenvalue weighted by atomic mass is 16.5. The van der Waals surface area contributed by atoms with E-state index in [2.05, 4.69) is 5.10 Å². The van der Waals surface area contributed by atoms with Crippen LogP contribution in [-0.4, -0.2) is 35.7 Å². The summed E-state index contributed by atoms with van der Waals surface area (Å²) in [6, 6.07) is 26.2. The lowest BCUT2D eigenvalue weighted by Crippen LogP contribution is -2.28. The van der Waals surface area contributed by atoms with Gasteiger partial charge in [0.05, 0.1) is 17.8 Å². The predicted octanol–water partition coefficient (Wildman–Crippen LogP) is 4.06. The van der Waals surface area contributed by atoms with E-state index in [0.717, 1.165) is 22.6 Å². The minimum absolute atomic E-state index is 0.341. The first-order valence-electron chi connectivity index (χ1n) is 10.1. The molecule has 31 heavy (non-hydrogen) atoms. The monoisotopic (exact) mass is 414 g/mol. The summed E-state index contributed by atoms with van der Waals surface area (Å²) in [6.07, 6.45) is 0.677. The number of hydrazone groups is 1. The van der Waals surface area contributed by atoms with Gasteiger partial charge in [-0.2, -0.15) is 5.10 Å². The first kappa shape index (κ1) is 20.3. The largest absolute Gasteiger partial charge is 0.489 e. The van der Waals surface area contributed by atoms with Crippen LogP contribution in [0.3, 0.4) is 0 Å². The molecule has 1 aliphatic rings. The number of carbonyl (C=O) groups excluding carboxylic acids is 2. The highest BCUT2D eigenvalue weighted by Gasteiger charge is 2.22. The van der Waals surface area contributed by atoms with Crippen molar-refractivity contribution in [3.05, 3.63) is 102 Å². The zero-order chi connectivity index (χ0) is 21.5. The van der Waals surface area contributed by atoms with Gasteiger partial charge in [-0.05, 0) is 35.4 Å². The molecule has 0 aliphatic carbocycles. The van der Waals surface area contributed by atoms with Gasteiger partial charge in [0.1, 0.15) is 12.4 Å². The fourth-order valence-corrected chi connectivity index (χ4v) is 3.18. The Morgan fingerprint density at radius 1 is 0.871 bits per heavy atom. The highest BCUT2D eigenvalue weighted by Crippen LogP contribution is 2.15. The van der Waals surface area contributed by atoms with Crippen molar-refractivity contribution in [2.75, 3.05) is 13.2 Å². The SMILES string of the molecule is O=C(OCC(=O)N1CCC(c2ccccc2)=N1)c1ccc(COc2ccccc2)cc1. The number of carbonyl (C=O) groups is 2. The molecule has 0 saturated carbocycles. The summed E-state index contributed by atoms with van der Waals surface area (Å²) in [5.41, 5.74) is 3.15. The zero-order valence-electron chi connectivity index (χ0n) is 16.9. The number of hydrogen-bond acceptors (Lipinski definition) is 5. The second kappa shape index (κ2) is 9.71.